The molecule has 1 fully saturated rings. The van der Waals surface area contributed by atoms with Crippen molar-refractivity contribution in [2.75, 3.05) is 23.7 Å². The molecule has 0 bridgehead atoms. The summed E-state index contributed by atoms with van der Waals surface area (Å²) in [5.41, 5.74) is 3.24. The highest BCUT2D eigenvalue weighted by atomic mass is 19.4. The Kier molecular flexibility index (Phi) is 2.65. The maximum Gasteiger partial charge on any atom is 0.418 e. The van der Waals surface area contributed by atoms with Gasteiger partial charge in [0, 0.05) is 13.0 Å². The van der Waals surface area contributed by atoms with E-state index in [4.69, 9.17) is 5.73 Å². The average Bonchev–Trinajstić information content (AvgIpc) is 2.63. The van der Waals surface area contributed by atoms with Gasteiger partial charge in [0.2, 0.25) is 0 Å². The summed E-state index contributed by atoms with van der Waals surface area (Å²) in [7, 11) is 0. The SMILES string of the molecule is Nc1ccc(N2CCC(O)(C(F)(F)F)C2)nc1. The summed E-state index contributed by atoms with van der Waals surface area (Å²) in [4.78, 5) is 5.33. The topological polar surface area (TPSA) is 62.4 Å². The minimum Gasteiger partial charge on any atom is -0.397 e. The molecule has 0 amide bonds. The Balaban J connectivity index is 2.15. The Morgan fingerprint density at radius 3 is 2.59 bits per heavy atom. The van der Waals surface area contributed by atoms with Crippen LogP contribution in [0, 0.1) is 0 Å². The molecule has 1 unspecified atom stereocenters. The fourth-order valence-corrected chi connectivity index (χ4v) is 1.81. The standard InChI is InChI=1S/C10H12F3N3O/c11-10(12,13)9(17)3-4-16(6-9)8-2-1-7(14)5-15-8/h1-2,5,17H,3-4,6,14H2. The van der Waals surface area contributed by atoms with Crippen molar-refractivity contribution in [3.8, 4) is 0 Å². The van der Waals surface area contributed by atoms with Crippen LogP contribution in [0.2, 0.25) is 0 Å². The highest BCUT2D eigenvalue weighted by Gasteiger charge is 2.57. The monoisotopic (exact) mass is 247 g/mol. The van der Waals surface area contributed by atoms with Gasteiger partial charge >= 0.3 is 6.18 Å². The fraction of sp³-hybridized carbons (Fsp3) is 0.500. The number of nitrogens with two attached hydrogens (primary N) is 1. The zero-order valence-corrected chi connectivity index (χ0v) is 8.91. The molecule has 0 radical (unpaired) electrons. The number of rotatable bonds is 1. The molecule has 4 nitrogen and oxygen atoms in total. The fourth-order valence-electron chi connectivity index (χ4n) is 1.81. The number of pyridine rings is 1. The van der Waals surface area contributed by atoms with E-state index in [1.165, 1.54) is 17.2 Å². The zero-order chi connectivity index (χ0) is 12.7. The maximum absolute atomic E-state index is 12.6. The van der Waals surface area contributed by atoms with Crippen LogP contribution in [0.3, 0.4) is 0 Å². The Hall–Kier alpha value is -1.50. The number of alkyl halides is 3. The Morgan fingerprint density at radius 1 is 1.41 bits per heavy atom. The van der Waals surface area contributed by atoms with Crippen molar-refractivity contribution in [2.24, 2.45) is 0 Å². The normalized spacial score (nSPS) is 25.3. The van der Waals surface area contributed by atoms with E-state index in [0.717, 1.165) is 0 Å². The summed E-state index contributed by atoms with van der Waals surface area (Å²) in [6.45, 7) is -0.375. The lowest BCUT2D eigenvalue weighted by Gasteiger charge is -2.26. The van der Waals surface area contributed by atoms with Gasteiger partial charge < -0.3 is 15.7 Å². The molecule has 0 aromatic carbocycles. The molecular weight excluding hydrogens is 235 g/mol. The highest BCUT2D eigenvalue weighted by Crippen LogP contribution is 2.38. The van der Waals surface area contributed by atoms with E-state index in [0.29, 0.717) is 11.5 Å². The van der Waals surface area contributed by atoms with Crippen molar-refractivity contribution in [2.45, 2.75) is 18.2 Å². The minimum absolute atomic E-state index is 0.118. The van der Waals surface area contributed by atoms with Crippen LogP contribution < -0.4 is 10.6 Å². The molecule has 1 aliphatic heterocycles. The Morgan fingerprint density at radius 2 is 2.12 bits per heavy atom. The first kappa shape index (κ1) is 12.0. The number of anilines is 2. The van der Waals surface area contributed by atoms with Crippen LogP contribution in [0.5, 0.6) is 0 Å². The van der Waals surface area contributed by atoms with Crippen molar-refractivity contribution in [1.29, 1.82) is 0 Å². The Bertz CT molecular complexity index is 406. The molecule has 17 heavy (non-hydrogen) atoms. The van der Waals surface area contributed by atoms with E-state index in [2.05, 4.69) is 4.98 Å². The lowest BCUT2D eigenvalue weighted by molar-refractivity contribution is -0.250. The molecule has 0 saturated carbocycles. The van der Waals surface area contributed by atoms with Crippen molar-refractivity contribution < 1.29 is 18.3 Å². The number of aromatic nitrogens is 1. The summed E-state index contributed by atoms with van der Waals surface area (Å²) < 4.78 is 37.7. The molecule has 1 aliphatic rings. The molecule has 1 atom stereocenters. The molecule has 7 heteroatoms. The lowest BCUT2D eigenvalue weighted by atomic mass is 10.0. The second kappa shape index (κ2) is 3.76. The molecule has 0 spiro atoms. The van der Waals surface area contributed by atoms with E-state index in [-0.39, 0.29) is 13.0 Å². The van der Waals surface area contributed by atoms with Crippen LogP contribution in [-0.2, 0) is 0 Å². The number of halogens is 3. The van der Waals surface area contributed by atoms with Crippen LogP contribution in [0.4, 0.5) is 24.7 Å². The first-order chi connectivity index (χ1) is 7.82. The van der Waals surface area contributed by atoms with Crippen LogP contribution >= 0.6 is 0 Å². The van der Waals surface area contributed by atoms with Crippen molar-refractivity contribution >= 4 is 11.5 Å². The van der Waals surface area contributed by atoms with Gasteiger partial charge in [0.25, 0.3) is 0 Å². The Labute approximate surface area is 95.9 Å². The van der Waals surface area contributed by atoms with E-state index in [9.17, 15) is 18.3 Å². The van der Waals surface area contributed by atoms with Crippen LogP contribution in [0.1, 0.15) is 6.42 Å². The van der Waals surface area contributed by atoms with Gasteiger partial charge in [0.15, 0.2) is 5.60 Å². The molecular formula is C10H12F3N3O. The van der Waals surface area contributed by atoms with E-state index < -0.39 is 18.3 Å². The molecule has 1 aromatic rings. The molecule has 0 aliphatic carbocycles. The third-order valence-corrected chi connectivity index (χ3v) is 2.87. The summed E-state index contributed by atoms with van der Waals surface area (Å²) >= 11 is 0. The number of hydrogen-bond acceptors (Lipinski definition) is 4. The van der Waals surface area contributed by atoms with Crippen molar-refractivity contribution in [1.82, 2.24) is 4.98 Å². The predicted octanol–water partition coefficient (Wildman–Crippen LogP) is 1.17. The molecule has 94 valence electrons. The molecule has 2 rings (SSSR count). The average molecular weight is 247 g/mol. The van der Waals surface area contributed by atoms with E-state index >= 15 is 0 Å². The third-order valence-electron chi connectivity index (χ3n) is 2.87. The largest absolute Gasteiger partial charge is 0.418 e. The van der Waals surface area contributed by atoms with Gasteiger partial charge in [-0.05, 0) is 12.1 Å². The first-order valence-corrected chi connectivity index (χ1v) is 5.07. The summed E-state index contributed by atoms with van der Waals surface area (Å²) in [6.07, 6.45) is -3.58. The number of nitrogens with zero attached hydrogens (tertiary/aromatic N) is 2. The lowest BCUT2D eigenvalue weighted by Crippen LogP contribution is -2.47. The van der Waals surface area contributed by atoms with Gasteiger partial charge in [-0.15, -0.1) is 0 Å². The van der Waals surface area contributed by atoms with Crippen LogP contribution in [0.25, 0.3) is 0 Å². The van der Waals surface area contributed by atoms with Gasteiger partial charge in [-0.1, -0.05) is 0 Å². The van der Waals surface area contributed by atoms with Gasteiger partial charge in [0.1, 0.15) is 5.82 Å². The second-order valence-corrected chi connectivity index (χ2v) is 4.15. The van der Waals surface area contributed by atoms with Gasteiger partial charge in [0.05, 0.1) is 18.4 Å². The molecule has 2 heterocycles. The summed E-state index contributed by atoms with van der Waals surface area (Å²) in [5, 5.41) is 9.49. The van der Waals surface area contributed by atoms with E-state index in [1.807, 2.05) is 0 Å². The van der Waals surface area contributed by atoms with Gasteiger partial charge in [-0.2, -0.15) is 13.2 Å². The minimum atomic E-state index is -4.62. The zero-order valence-electron chi connectivity index (χ0n) is 8.91. The van der Waals surface area contributed by atoms with Crippen LogP contribution in [0.15, 0.2) is 18.3 Å². The summed E-state index contributed by atoms with van der Waals surface area (Å²) in [6, 6.07) is 3.10. The van der Waals surface area contributed by atoms with Crippen molar-refractivity contribution in [3.05, 3.63) is 18.3 Å². The van der Waals surface area contributed by atoms with E-state index in [1.54, 1.807) is 6.07 Å². The number of β-amino-alcohol motifs (C(OH)–C–C–N with tert-alkyl or cyclic N) is 1. The molecule has 3 N–H and O–H groups in total. The predicted molar refractivity (Wildman–Crippen MR) is 56.5 cm³/mol. The third kappa shape index (κ3) is 2.14. The summed E-state index contributed by atoms with van der Waals surface area (Å²) in [5.74, 6) is 0.388. The molecule has 1 aromatic heterocycles. The van der Waals surface area contributed by atoms with Gasteiger partial charge in [-0.25, -0.2) is 4.98 Å². The number of nitrogen functional groups attached to an aromatic ring is 1. The quantitative estimate of drug-likeness (QED) is 0.782. The molecule has 1 saturated heterocycles. The number of hydrogen-bond donors (Lipinski definition) is 2. The van der Waals surface area contributed by atoms with Crippen molar-refractivity contribution in [3.63, 3.8) is 0 Å². The van der Waals surface area contributed by atoms with Gasteiger partial charge in [-0.3, -0.25) is 0 Å². The highest BCUT2D eigenvalue weighted by molar-refractivity contribution is 5.47. The van der Waals surface area contributed by atoms with Crippen LogP contribution in [-0.4, -0.2) is 35.0 Å². The second-order valence-electron chi connectivity index (χ2n) is 4.15. The number of aliphatic hydroxyl groups is 1. The maximum atomic E-state index is 12.6. The first-order valence-electron chi connectivity index (χ1n) is 5.07. The smallest absolute Gasteiger partial charge is 0.397 e.